The molecule has 2 rings (SSSR count). The van der Waals surface area contributed by atoms with E-state index in [4.69, 9.17) is 15.9 Å². The molecular weight excluding hydrogens is 222 g/mol. The second-order valence-electron chi connectivity index (χ2n) is 3.15. The maximum absolute atomic E-state index is 7.30. The average molecular weight is 233 g/mol. The van der Waals surface area contributed by atoms with Gasteiger partial charge in [0.25, 0.3) is 0 Å². The molecule has 0 aliphatic carbocycles. The number of para-hydroxylation sites is 1. The highest BCUT2D eigenvalue weighted by molar-refractivity contribution is 7.13. The van der Waals surface area contributed by atoms with Gasteiger partial charge in [-0.05, 0) is 12.1 Å². The van der Waals surface area contributed by atoms with Crippen molar-refractivity contribution in [2.24, 2.45) is 5.73 Å². The zero-order chi connectivity index (χ0) is 11.5. The number of aromatic nitrogens is 1. The number of nitrogens with one attached hydrogen (secondary N) is 1. The van der Waals surface area contributed by atoms with E-state index < -0.39 is 0 Å². The number of nitrogen functional groups attached to an aromatic ring is 1. The third-order valence-electron chi connectivity index (χ3n) is 2.12. The van der Waals surface area contributed by atoms with E-state index in [-0.39, 0.29) is 5.84 Å². The number of amidine groups is 1. The third kappa shape index (κ3) is 1.90. The van der Waals surface area contributed by atoms with Crippen LogP contribution >= 0.6 is 11.3 Å². The fraction of sp³-hybridized carbons (Fsp3) is 0.0909. The van der Waals surface area contributed by atoms with Crippen molar-refractivity contribution in [1.82, 2.24) is 4.98 Å². The van der Waals surface area contributed by atoms with Crippen molar-refractivity contribution in [2.45, 2.75) is 0 Å². The Morgan fingerprint density at radius 2 is 2.19 bits per heavy atom. The van der Waals surface area contributed by atoms with Gasteiger partial charge in [0.05, 0.1) is 12.7 Å². The van der Waals surface area contributed by atoms with E-state index in [2.05, 4.69) is 4.98 Å². The Balaban J connectivity index is 2.46. The highest BCUT2D eigenvalue weighted by atomic mass is 32.1. The van der Waals surface area contributed by atoms with Gasteiger partial charge in [-0.1, -0.05) is 12.1 Å². The van der Waals surface area contributed by atoms with E-state index in [0.717, 1.165) is 16.3 Å². The Morgan fingerprint density at radius 3 is 2.81 bits per heavy atom. The first-order valence-corrected chi connectivity index (χ1v) is 5.53. The van der Waals surface area contributed by atoms with E-state index in [9.17, 15) is 0 Å². The second kappa shape index (κ2) is 4.32. The molecule has 82 valence electrons. The summed E-state index contributed by atoms with van der Waals surface area (Å²) < 4.78 is 5.25. The molecular formula is C11H11N3OS. The van der Waals surface area contributed by atoms with Gasteiger partial charge in [-0.15, -0.1) is 11.3 Å². The molecule has 0 fully saturated rings. The lowest BCUT2D eigenvalue weighted by atomic mass is 10.2. The smallest absolute Gasteiger partial charge is 0.142 e. The Kier molecular flexibility index (Phi) is 2.87. The van der Waals surface area contributed by atoms with E-state index in [1.807, 2.05) is 24.3 Å². The molecule has 1 aromatic heterocycles. The van der Waals surface area contributed by atoms with Crippen molar-refractivity contribution in [1.29, 1.82) is 5.41 Å². The number of nitrogens with two attached hydrogens (primary N) is 1. The van der Waals surface area contributed by atoms with Gasteiger partial charge in [0.2, 0.25) is 0 Å². The standard InChI is InChI=1S/C11H11N3OS/c1-15-9-5-3-2-4-7(9)11-14-8(6-16-11)10(12)13/h2-6H,1H3,(H3,12,13). The maximum atomic E-state index is 7.30. The summed E-state index contributed by atoms with van der Waals surface area (Å²) in [5.41, 5.74) is 6.80. The summed E-state index contributed by atoms with van der Waals surface area (Å²) in [5, 5.41) is 9.88. The second-order valence-corrected chi connectivity index (χ2v) is 4.01. The first-order chi connectivity index (χ1) is 7.72. The molecule has 2 aromatic rings. The molecule has 5 heteroatoms. The van der Waals surface area contributed by atoms with Gasteiger partial charge < -0.3 is 10.5 Å². The quantitative estimate of drug-likeness (QED) is 0.630. The Morgan fingerprint density at radius 1 is 1.44 bits per heavy atom. The molecule has 0 aliphatic rings. The number of thiazole rings is 1. The summed E-state index contributed by atoms with van der Waals surface area (Å²) in [6.45, 7) is 0. The van der Waals surface area contributed by atoms with E-state index in [1.54, 1.807) is 12.5 Å². The van der Waals surface area contributed by atoms with Gasteiger partial charge in [-0.25, -0.2) is 4.98 Å². The molecule has 4 nitrogen and oxygen atoms in total. The van der Waals surface area contributed by atoms with Crippen molar-refractivity contribution < 1.29 is 4.74 Å². The lowest BCUT2D eigenvalue weighted by Gasteiger charge is -2.04. The van der Waals surface area contributed by atoms with Crippen LogP contribution in [0.1, 0.15) is 5.69 Å². The van der Waals surface area contributed by atoms with Crippen LogP contribution in [-0.2, 0) is 0 Å². The zero-order valence-electron chi connectivity index (χ0n) is 8.73. The first-order valence-electron chi connectivity index (χ1n) is 4.65. The summed E-state index contributed by atoms with van der Waals surface area (Å²) >= 11 is 1.45. The van der Waals surface area contributed by atoms with Crippen molar-refractivity contribution in [2.75, 3.05) is 7.11 Å². The summed E-state index contributed by atoms with van der Waals surface area (Å²) in [5.74, 6) is 0.754. The molecule has 16 heavy (non-hydrogen) atoms. The Bertz CT molecular complexity index is 521. The van der Waals surface area contributed by atoms with E-state index in [0.29, 0.717) is 5.69 Å². The number of nitrogens with zero attached hydrogens (tertiary/aromatic N) is 1. The molecule has 0 unspecified atom stereocenters. The maximum Gasteiger partial charge on any atom is 0.142 e. The molecule has 1 heterocycles. The first kappa shape index (κ1) is 10.6. The van der Waals surface area contributed by atoms with Crippen LogP contribution in [0, 0.1) is 5.41 Å². The van der Waals surface area contributed by atoms with Crippen molar-refractivity contribution in [3.05, 3.63) is 35.3 Å². The normalized spacial score (nSPS) is 10.1. The number of ether oxygens (including phenoxy) is 1. The van der Waals surface area contributed by atoms with Gasteiger partial charge in [0, 0.05) is 5.38 Å². The van der Waals surface area contributed by atoms with Crippen LogP contribution < -0.4 is 10.5 Å². The topological polar surface area (TPSA) is 72.0 Å². The van der Waals surface area contributed by atoms with Crippen molar-refractivity contribution in [3.8, 4) is 16.3 Å². The lowest BCUT2D eigenvalue weighted by Crippen LogP contribution is -2.11. The largest absolute Gasteiger partial charge is 0.496 e. The Hall–Kier alpha value is -1.88. The van der Waals surface area contributed by atoms with Gasteiger partial charge in [0.1, 0.15) is 22.3 Å². The molecule has 0 saturated carbocycles. The fourth-order valence-corrected chi connectivity index (χ4v) is 2.19. The van der Waals surface area contributed by atoms with Crippen LogP contribution in [0.25, 0.3) is 10.6 Å². The molecule has 1 aromatic carbocycles. The summed E-state index contributed by atoms with van der Waals surface area (Å²) in [4.78, 5) is 4.28. The number of rotatable bonds is 3. The zero-order valence-corrected chi connectivity index (χ0v) is 9.54. The van der Waals surface area contributed by atoms with Crippen molar-refractivity contribution >= 4 is 17.2 Å². The highest BCUT2D eigenvalue weighted by Crippen LogP contribution is 2.31. The fourth-order valence-electron chi connectivity index (χ4n) is 1.34. The van der Waals surface area contributed by atoms with Crippen LogP contribution in [-0.4, -0.2) is 17.9 Å². The summed E-state index contributed by atoms with van der Waals surface area (Å²) in [7, 11) is 1.62. The minimum absolute atomic E-state index is 0.0163. The SMILES string of the molecule is COc1ccccc1-c1nc(C(=N)N)cs1. The average Bonchev–Trinajstić information content (AvgIpc) is 2.78. The number of hydrogen-bond acceptors (Lipinski definition) is 4. The van der Waals surface area contributed by atoms with E-state index in [1.165, 1.54) is 11.3 Å². The predicted octanol–water partition coefficient (Wildman–Crippen LogP) is 2.10. The van der Waals surface area contributed by atoms with Gasteiger partial charge in [0.15, 0.2) is 0 Å². The minimum atomic E-state index is -0.0163. The molecule has 0 atom stereocenters. The van der Waals surface area contributed by atoms with Gasteiger partial charge in [-0.2, -0.15) is 0 Å². The lowest BCUT2D eigenvalue weighted by molar-refractivity contribution is 0.416. The van der Waals surface area contributed by atoms with Crippen LogP contribution in [0.5, 0.6) is 5.75 Å². The van der Waals surface area contributed by atoms with Gasteiger partial charge in [-0.3, -0.25) is 5.41 Å². The monoisotopic (exact) mass is 233 g/mol. The molecule has 0 saturated heterocycles. The minimum Gasteiger partial charge on any atom is -0.496 e. The molecule has 3 N–H and O–H groups in total. The molecule has 0 spiro atoms. The van der Waals surface area contributed by atoms with Crippen LogP contribution in [0.4, 0.5) is 0 Å². The highest BCUT2D eigenvalue weighted by Gasteiger charge is 2.10. The van der Waals surface area contributed by atoms with E-state index >= 15 is 0 Å². The molecule has 0 amide bonds. The molecule has 0 bridgehead atoms. The predicted molar refractivity (Wildman–Crippen MR) is 65.1 cm³/mol. The van der Waals surface area contributed by atoms with Crippen molar-refractivity contribution in [3.63, 3.8) is 0 Å². The molecule has 0 aliphatic heterocycles. The van der Waals surface area contributed by atoms with Crippen LogP contribution in [0.15, 0.2) is 29.6 Å². The summed E-state index contributed by atoms with van der Waals surface area (Å²) in [6.07, 6.45) is 0. The Labute approximate surface area is 97.2 Å². The van der Waals surface area contributed by atoms with Gasteiger partial charge >= 0.3 is 0 Å². The number of hydrogen-bond donors (Lipinski definition) is 2. The summed E-state index contributed by atoms with van der Waals surface area (Å²) in [6, 6.07) is 7.64. The number of benzene rings is 1. The number of methoxy groups -OCH3 is 1. The van der Waals surface area contributed by atoms with Crippen LogP contribution in [0.3, 0.4) is 0 Å². The molecule has 0 radical (unpaired) electrons. The third-order valence-corrected chi connectivity index (χ3v) is 2.99. The van der Waals surface area contributed by atoms with Crippen LogP contribution in [0.2, 0.25) is 0 Å².